The van der Waals surface area contributed by atoms with Gasteiger partial charge in [0, 0.05) is 35.6 Å². The quantitative estimate of drug-likeness (QED) is 0.888. The summed E-state index contributed by atoms with van der Waals surface area (Å²) in [6.07, 6.45) is 1.20. The van der Waals surface area contributed by atoms with Crippen LogP contribution in [0.3, 0.4) is 0 Å². The average Bonchev–Trinajstić information content (AvgIpc) is 2.78. The van der Waals surface area contributed by atoms with Crippen LogP contribution in [0.2, 0.25) is 0 Å². The normalized spacial score (nSPS) is 26.9. The van der Waals surface area contributed by atoms with Gasteiger partial charge in [-0.15, -0.1) is 11.3 Å². The van der Waals surface area contributed by atoms with E-state index in [0.29, 0.717) is 12.1 Å². The highest BCUT2D eigenvalue weighted by Gasteiger charge is 2.34. The number of hydrogen-bond acceptors (Lipinski definition) is 3. The van der Waals surface area contributed by atoms with Crippen LogP contribution in [-0.4, -0.2) is 29.6 Å². The molecule has 1 N–H and O–H groups in total. The molecule has 0 spiro atoms. The molecular formula is C14H24N2S. The highest BCUT2D eigenvalue weighted by atomic mass is 32.1. The van der Waals surface area contributed by atoms with E-state index in [1.54, 1.807) is 0 Å². The highest BCUT2D eigenvalue weighted by Crippen LogP contribution is 2.32. The predicted molar refractivity (Wildman–Crippen MR) is 75.6 cm³/mol. The number of rotatable bonds is 3. The minimum Gasteiger partial charge on any atom is -0.309 e. The first-order valence-corrected chi connectivity index (χ1v) is 7.45. The third-order valence-electron chi connectivity index (χ3n) is 3.68. The minimum absolute atomic E-state index is 0.233. The molecule has 1 fully saturated rings. The van der Waals surface area contributed by atoms with E-state index < -0.39 is 0 Å². The van der Waals surface area contributed by atoms with Crippen molar-refractivity contribution in [3.8, 4) is 0 Å². The van der Waals surface area contributed by atoms with E-state index >= 15 is 0 Å². The maximum atomic E-state index is 3.62. The SMILES string of the molecule is CCC(c1cccs1)N1CC(C)(C)NCC1C. The van der Waals surface area contributed by atoms with Crippen molar-refractivity contribution >= 4 is 11.3 Å². The van der Waals surface area contributed by atoms with Crippen LogP contribution in [0.1, 0.15) is 45.0 Å². The highest BCUT2D eigenvalue weighted by molar-refractivity contribution is 7.10. The molecule has 17 heavy (non-hydrogen) atoms. The van der Waals surface area contributed by atoms with Crippen molar-refractivity contribution in [2.75, 3.05) is 13.1 Å². The molecule has 1 aliphatic heterocycles. The number of hydrogen-bond donors (Lipinski definition) is 1. The standard InChI is InChI=1S/C14H24N2S/c1-5-12(13-7-6-8-17-13)16-10-14(3,4)15-9-11(16)2/h6-8,11-12,15H,5,9-10H2,1-4H3. The molecule has 2 rings (SSSR count). The molecule has 0 aliphatic carbocycles. The van der Waals surface area contributed by atoms with Gasteiger partial charge in [-0.05, 0) is 38.6 Å². The van der Waals surface area contributed by atoms with Crippen LogP contribution in [0.5, 0.6) is 0 Å². The molecular weight excluding hydrogens is 228 g/mol. The third kappa shape index (κ3) is 2.90. The van der Waals surface area contributed by atoms with E-state index in [1.807, 2.05) is 11.3 Å². The molecule has 0 aromatic carbocycles. The molecule has 2 atom stereocenters. The van der Waals surface area contributed by atoms with Gasteiger partial charge in [-0.2, -0.15) is 0 Å². The van der Waals surface area contributed by atoms with Gasteiger partial charge >= 0.3 is 0 Å². The Labute approximate surface area is 109 Å². The summed E-state index contributed by atoms with van der Waals surface area (Å²) in [5.41, 5.74) is 0.233. The Morgan fingerprint density at radius 3 is 2.94 bits per heavy atom. The third-order valence-corrected chi connectivity index (χ3v) is 4.65. The molecule has 1 aromatic heterocycles. The number of thiophene rings is 1. The lowest BCUT2D eigenvalue weighted by atomic mass is 9.96. The van der Waals surface area contributed by atoms with E-state index in [4.69, 9.17) is 0 Å². The van der Waals surface area contributed by atoms with E-state index in [2.05, 4.69) is 55.4 Å². The topological polar surface area (TPSA) is 15.3 Å². The first kappa shape index (κ1) is 13.1. The summed E-state index contributed by atoms with van der Waals surface area (Å²) in [5.74, 6) is 0. The largest absolute Gasteiger partial charge is 0.309 e. The van der Waals surface area contributed by atoms with E-state index in [0.717, 1.165) is 13.1 Å². The van der Waals surface area contributed by atoms with Gasteiger partial charge in [-0.1, -0.05) is 13.0 Å². The fraction of sp³-hybridized carbons (Fsp3) is 0.714. The fourth-order valence-corrected chi connectivity index (χ4v) is 3.64. The maximum Gasteiger partial charge on any atom is 0.0443 e. The van der Waals surface area contributed by atoms with Crippen LogP contribution in [0.25, 0.3) is 0 Å². The van der Waals surface area contributed by atoms with Gasteiger partial charge in [0.15, 0.2) is 0 Å². The lowest BCUT2D eigenvalue weighted by Gasteiger charge is -2.46. The van der Waals surface area contributed by atoms with Gasteiger partial charge in [-0.3, -0.25) is 4.90 Å². The zero-order chi connectivity index (χ0) is 12.5. The van der Waals surface area contributed by atoms with Crippen LogP contribution >= 0.6 is 11.3 Å². The van der Waals surface area contributed by atoms with Crippen LogP contribution in [0.4, 0.5) is 0 Å². The van der Waals surface area contributed by atoms with E-state index in [-0.39, 0.29) is 5.54 Å². The Balaban J connectivity index is 2.18. The lowest BCUT2D eigenvalue weighted by Crippen LogP contribution is -2.61. The number of nitrogens with zero attached hydrogens (tertiary/aromatic N) is 1. The Morgan fingerprint density at radius 2 is 2.35 bits per heavy atom. The molecule has 1 aliphatic rings. The molecule has 0 radical (unpaired) electrons. The van der Waals surface area contributed by atoms with Gasteiger partial charge < -0.3 is 5.32 Å². The molecule has 3 heteroatoms. The second-order valence-electron chi connectivity index (χ2n) is 5.73. The number of nitrogens with one attached hydrogen (secondary N) is 1. The Morgan fingerprint density at radius 1 is 1.59 bits per heavy atom. The minimum atomic E-state index is 0.233. The van der Waals surface area contributed by atoms with E-state index in [9.17, 15) is 0 Å². The van der Waals surface area contributed by atoms with Crippen LogP contribution in [-0.2, 0) is 0 Å². The summed E-state index contributed by atoms with van der Waals surface area (Å²) >= 11 is 1.89. The van der Waals surface area contributed by atoms with Crippen molar-refractivity contribution < 1.29 is 0 Å². The zero-order valence-corrected chi connectivity index (χ0v) is 12.2. The average molecular weight is 252 g/mol. The van der Waals surface area contributed by atoms with Crippen molar-refractivity contribution in [2.45, 2.75) is 51.7 Å². The van der Waals surface area contributed by atoms with E-state index in [1.165, 1.54) is 11.3 Å². The summed E-state index contributed by atoms with van der Waals surface area (Å²) in [6.45, 7) is 11.4. The number of piperazine rings is 1. The van der Waals surface area contributed by atoms with Gasteiger partial charge in [0.2, 0.25) is 0 Å². The zero-order valence-electron chi connectivity index (χ0n) is 11.4. The molecule has 96 valence electrons. The molecule has 1 saturated heterocycles. The van der Waals surface area contributed by atoms with Crippen molar-refractivity contribution in [1.82, 2.24) is 10.2 Å². The summed E-state index contributed by atoms with van der Waals surface area (Å²) in [5, 5.41) is 5.81. The molecule has 2 heterocycles. The van der Waals surface area contributed by atoms with Crippen LogP contribution in [0.15, 0.2) is 17.5 Å². The van der Waals surface area contributed by atoms with Crippen molar-refractivity contribution in [3.63, 3.8) is 0 Å². The molecule has 1 aromatic rings. The Hall–Kier alpha value is -0.380. The Bertz CT molecular complexity index is 345. The van der Waals surface area contributed by atoms with Gasteiger partial charge in [0.1, 0.15) is 0 Å². The van der Waals surface area contributed by atoms with Gasteiger partial charge in [0.25, 0.3) is 0 Å². The monoisotopic (exact) mass is 252 g/mol. The van der Waals surface area contributed by atoms with Gasteiger partial charge in [-0.25, -0.2) is 0 Å². The van der Waals surface area contributed by atoms with Crippen LogP contribution in [0, 0.1) is 0 Å². The van der Waals surface area contributed by atoms with Crippen LogP contribution < -0.4 is 5.32 Å². The summed E-state index contributed by atoms with van der Waals surface area (Å²) < 4.78 is 0. The Kier molecular flexibility index (Phi) is 3.91. The fourth-order valence-electron chi connectivity index (χ4n) is 2.71. The second-order valence-corrected chi connectivity index (χ2v) is 6.70. The van der Waals surface area contributed by atoms with Crippen molar-refractivity contribution in [1.29, 1.82) is 0 Å². The van der Waals surface area contributed by atoms with Crippen molar-refractivity contribution in [2.24, 2.45) is 0 Å². The smallest absolute Gasteiger partial charge is 0.0443 e. The lowest BCUT2D eigenvalue weighted by molar-refractivity contribution is 0.0613. The summed E-state index contributed by atoms with van der Waals surface area (Å²) in [6, 6.07) is 5.66. The van der Waals surface area contributed by atoms with Gasteiger partial charge in [0.05, 0.1) is 0 Å². The predicted octanol–water partition coefficient (Wildman–Crippen LogP) is 3.27. The second kappa shape index (κ2) is 5.09. The molecule has 0 saturated carbocycles. The van der Waals surface area contributed by atoms with Crippen molar-refractivity contribution in [3.05, 3.63) is 22.4 Å². The first-order valence-electron chi connectivity index (χ1n) is 6.57. The summed E-state index contributed by atoms with van der Waals surface area (Å²) in [4.78, 5) is 4.18. The molecule has 2 nitrogen and oxygen atoms in total. The molecule has 0 amide bonds. The first-order chi connectivity index (χ1) is 8.03. The molecule has 0 bridgehead atoms. The maximum absolute atomic E-state index is 3.62. The molecule has 2 unspecified atom stereocenters. The summed E-state index contributed by atoms with van der Waals surface area (Å²) in [7, 11) is 0.